The summed E-state index contributed by atoms with van der Waals surface area (Å²) in [5.41, 5.74) is -2.22. The normalized spacial score (nSPS) is 16.4. The molecule has 0 heterocycles. The van der Waals surface area contributed by atoms with Crippen LogP contribution in [0.2, 0.25) is 0 Å². The Bertz CT molecular complexity index is 603. The maximum absolute atomic E-state index is 13.7. The first-order chi connectivity index (χ1) is 9.50. The van der Waals surface area contributed by atoms with Crippen LogP contribution >= 0.6 is 0 Å². The van der Waals surface area contributed by atoms with Crippen molar-refractivity contribution < 1.29 is 14.1 Å². The molecular weight excluding hydrogens is 265 g/mol. The molecule has 1 fully saturated rings. The van der Waals surface area contributed by atoms with Gasteiger partial charge in [0.15, 0.2) is 11.5 Å². The van der Waals surface area contributed by atoms with Gasteiger partial charge in [-0.3, -0.25) is 14.9 Å². The number of carbonyl (C=O) groups is 1. The molecule has 0 saturated heterocycles. The van der Waals surface area contributed by atoms with Gasteiger partial charge >= 0.3 is 0 Å². The smallest absolute Gasteiger partial charge is 0.295 e. The Morgan fingerprint density at radius 1 is 1.45 bits per heavy atom. The van der Waals surface area contributed by atoms with E-state index in [4.69, 9.17) is 0 Å². The minimum absolute atomic E-state index is 0.386. The predicted octanol–water partition coefficient (Wildman–Crippen LogP) is 2.76. The third-order valence-corrected chi connectivity index (χ3v) is 3.53. The molecule has 0 aromatic heterocycles. The number of carbonyl (C=O) groups excluding carboxylic acids is 1. The van der Waals surface area contributed by atoms with Gasteiger partial charge < -0.3 is 5.32 Å². The highest BCUT2D eigenvalue weighted by molar-refractivity contribution is 5.99. The van der Waals surface area contributed by atoms with Crippen LogP contribution in [0.5, 0.6) is 0 Å². The highest BCUT2D eigenvalue weighted by Gasteiger charge is 2.42. The van der Waals surface area contributed by atoms with E-state index in [-0.39, 0.29) is 0 Å². The van der Waals surface area contributed by atoms with Crippen molar-refractivity contribution in [2.75, 3.05) is 5.32 Å². The van der Waals surface area contributed by atoms with E-state index in [0.717, 1.165) is 25.0 Å². The Labute approximate surface area is 114 Å². The number of rotatable bonds is 3. The van der Waals surface area contributed by atoms with Crippen molar-refractivity contribution in [2.45, 2.75) is 25.7 Å². The molecule has 7 heteroatoms. The topological polar surface area (TPSA) is 96.0 Å². The first-order valence-corrected chi connectivity index (χ1v) is 6.16. The van der Waals surface area contributed by atoms with E-state index >= 15 is 0 Å². The van der Waals surface area contributed by atoms with Gasteiger partial charge in [0.1, 0.15) is 5.41 Å². The molecule has 0 radical (unpaired) electrons. The molecule has 1 aliphatic carbocycles. The van der Waals surface area contributed by atoms with Crippen molar-refractivity contribution in [2.24, 2.45) is 5.41 Å². The fourth-order valence-electron chi connectivity index (χ4n) is 2.39. The summed E-state index contributed by atoms with van der Waals surface area (Å²) in [5.74, 6) is -1.57. The first-order valence-electron chi connectivity index (χ1n) is 6.16. The van der Waals surface area contributed by atoms with Crippen molar-refractivity contribution in [3.63, 3.8) is 0 Å². The van der Waals surface area contributed by atoms with Gasteiger partial charge in [-0.1, -0.05) is 18.9 Å². The Balaban J connectivity index is 2.33. The zero-order valence-corrected chi connectivity index (χ0v) is 10.6. The predicted molar refractivity (Wildman–Crippen MR) is 68.2 cm³/mol. The molecule has 0 aliphatic heterocycles. The number of halogens is 1. The summed E-state index contributed by atoms with van der Waals surface area (Å²) in [6.45, 7) is 0. The largest absolute Gasteiger partial charge is 0.317 e. The summed E-state index contributed by atoms with van der Waals surface area (Å²) in [5, 5.41) is 22.2. The number of anilines is 1. The van der Waals surface area contributed by atoms with E-state index in [2.05, 4.69) is 5.32 Å². The number of benzene rings is 1. The van der Waals surface area contributed by atoms with Crippen LogP contribution in [0.3, 0.4) is 0 Å². The Hall–Kier alpha value is -2.49. The van der Waals surface area contributed by atoms with Crippen LogP contribution in [0, 0.1) is 32.7 Å². The molecule has 0 unspecified atom stereocenters. The lowest BCUT2D eigenvalue weighted by atomic mass is 9.87. The summed E-state index contributed by atoms with van der Waals surface area (Å²) in [7, 11) is 0. The van der Waals surface area contributed by atoms with Gasteiger partial charge in [-0.2, -0.15) is 5.26 Å². The number of hydrogen-bond acceptors (Lipinski definition) is 4. The quantitative estimate of drug-likeness (QED) is 0.678. The number of amides is 1. The second kappa shape index (κ2) is 5.25. The summed E-state index contributed by atoms with van der Waals surface area (Å²) in [4.78, 5) is 22.2. The highest BCUT2D eigenvalue weighted by Crippen LogP contribution is 2.39. The molecule has 0 atom stereocenters. The van der Waals surface area contributed by atoms with Crippen LogP contribution in [0.25, 0.3) is 0 Å². The van der Waals surface area contributed by atoms with Gasteiger partial charge in [-0.05, 0) is 18.9 Å². The standard InChI is InChI=1S/C13H12FN3O3/c14-9-4-3-5-10(17(19)20)11(9)16-12(18)13(8-15)6-1-2-7-13/h3-5H,1-2,6-7H2,(H,16,18). The molecule has 0 bridgehead atoms. The van der Waals surface area contributed by atoms with Crippen molar-refractivity contribution in [3.8, 4) is 6.07 Å². The number of nitro benzene ring substituents is 1. The van der Waals surface area contributed by atoms with Gasteiger partial charge in [0, 0.05) is 6.07 Å². The van der Waals surface area contributed by atoms with Crippen LogP contribution in [0.4, 0.5) is 15.8 Å². The van der Waals surface area contributed by atoms with Crippen LogP contribution in [-0.4, -0.2) is 10.8 Å². The molecule has 104 valence electrons. The molecule has 20 heavy (non-hydrogen) atoms. The zero-order chi connectivity index (χ0) is 14.8. The van der Waals surface area contributed by atoms with Crippen LogP contribution in [0.15, 0.2) is 18.2 Å². The Morgan fingerprint density at radius 3 is 2.65 bits per heavy atom. The lowest BCUT2D eigenvalue weighted by Gasteiger charge is -2.19. The zero-order valence-electron chi connectivity index (χ0n) is 10.6. The van der Waals surface area contributed by atoms with Crippen molar-refractivity contribution in [3.05, 3.63) is 34.1 Å². The van der Waals surface area contributed by atoms with Crippen molar-refractivity contribution >= 4 is 17.3 Å². The van der Waals surface area contributed by atoms with E-state index in [0.29, 0.717) is 12.8 Å². The SMILES string of the molecule is N#CC1(C(=O)Nc2c(F)cccc2[N+](=O)[O-])CCCC1. The third-order valence-electron chi connectivity index (χ3n) is 3.53. The Morgan fingerprint density at radius 2 is 2.10 bits per heavy atom. The van der Waals surface area contributed by atoms with Crippen LogP contribution < -0.4 is 5.32 Å². The van der Waals surface area contributed by atoms with E-state index in [9.17, 15) is 24.6 Å². The molecule has 1 amide bonds. The minimum atomic E-state index is -1.21. The van der Waals surface area contributed by atoms with Gasteiger partial charge in [0.25, 0.3) is 5.69 Å². The minimum Gasteiger partial charge on any atom is -0.317 e. The molecule has 6 nitrogen and oxygen atoms in total. The number of nitrogens with zero attached hydrogens (tertiary/aromatic N) is 2. The van der Waals surface area contributed by atoms with E-state index in [1.54, 1.807) is 0 Å². The van der Waals surface area contributed by atoms with Gasteiger partial charge in [-0.15, -0.1) is 0 Å². The summed E-state index contributed by atoms with van der Waals surface area (Å²) in [6.07, 6.45) is 2.25. The van der Waals surface area contributed by atoms with E-state index in [1.165, 1.54) is 6.07 Å². The number of nitro groups is 1. The average molecular weight is 277 g/mol. The molecule has 1 saturated carbocycles. The fraction of sp³-hybridized carbons (Fsp3) is 0.385. The Kier molecular flexibility index (Phi) is 3.66. The van der Waals surface area contributed by atoms with Crippen LogP contribution in [0.1, 0.15) is 25.7 Å². The first kappa shape index (κ1) is 13.9. The van der Waals surface area contributed by atoms with Gasteiger partial charge in [-0.25, -0.2) is 4.39 Å². The molecule has 1 N–H and O–H groups in total. The van der Waals surface area contributed by atoms with E-state index in [1.807, 2.05) is 6.07 Å². The third kappa shape index (κ3) is 2.32. The van der Waals surface area contributed by atoms with Crippen molar-refractivity contribution in [1.82, 2.24) is 0 Å². The van der Waals surface area contributed by atoms with Gasteiger partial charge in [0.2, 0.25) is 5.91 Å². The number of nitriles is 1. The maximum Gasteiger partial charge on any atom is 0.295 e. The molecule has 1 aromatic rings. The van der Waals surface area contributed by atoms with Crippen LogP contribution in [-0.2, 0) is 4.79 Å². The second-order valence-electron chi connectivity index (χ2n) is 4.75. The monoisotopic (exact) mass is 277 g/mol. The van der Waals surface area contributed by atoms with Gasteiger partial charge in [0.05, 0.1) is 11.0 Å². The molecule has 1 aliphatic rings. The summed E-state index contributed by atoms with van der Waals surface area (Å²) < 4.78 is 13.7. The molecule has 1 aromatic carbocycles. The molecule has 0 spiro atoms. The average Bonchev–Trinajstić information content (AvgIpc) is 2.90. The second-order valence-corrected chi connectivity index (χ2v) is 4.75. The highest BCUT2D eigenvalue weighted by atomic mass is 19.1. The molecular formula is C13H12FN3O3. The lowest BCUT2D eigenvalue weighted by Crippen LogP contribution is -2.32. The maximum atomic E-state index is 13.7. The van der Waals surface area contributed by atoms with Crippen molar-refractivity contribution in [1.29, 1.82) is 5.26 Å². The number of nitrogens with one attached hydrogen (secondary N) is 1. The number of para-hydroxylation sites is 1. The fourth-order valence-corrected chi connectivity index (χ4v) is 2.39. The van der Waals surface area contributed by atoms with E-state index < -0.39 is 33.4 Å². The number of hydrogen-bond donors (Lipinski definition) is 1. The summed E-state index contributed by atoms with van der Waals surface area (Å²) in [6, 6.07) is 5.28. The summed E-state index contributed by atoms with van der Waals surface area (Å²) >= 11 is 0. The molecule has 2 rings (SSSR count). The lowest BCUT2D eigenvalue weighted by molar-refractivity contribution is -0.384.